The summed E-state index contributed by atoms with van der Waals surface area (Å²) in [5, 5.41) is 2.08. The molecular formula is C14H17ClN2O2S2. The van der Waals surface area contributed by atoms with E-state index in [1.54, 1.807) is 6.07 Å². The number of benzene rings is 1. The maximum absolute atomic E-state index is 12.6. The Hall–Kier alpha value is -1.08. The number of thiophene rings is 1. The quantitative estimate of drug-likeness (QED) is 0.813. The minimum Gasteiger partial charge on any atom is -0.399 e. The molecule has 0 aliphatic carbocycles. The van der Waals surface area contributed by atoms with Crippen molar-refractivity contribution in [3.63, 3.8) is 0 Å². The highest BCUT2D eigenvalue weighted by atomic mass is 35.5. The minimum absolute atomic E-state index is 0.00590. The van der Waals surface area contributed by atoms with Gasteiger partial charge in [0.05, 0.1) is 11.1 Å². The number of nitrogen functional groups attached to an aromatic ring is 1. The van der Waals surface area contributed by atoms with Gasteiger partial charge in [0.2, 0.25) is 10.0 Å². The fourth-order valence-electron chi connectivity index (χ4n) is 1.95. The summed E-state index contributed by atoms with van der Waals surface area (Å²) in [4.78, 5) is 0.972. The molecule has 0 spiro atoms. The van der Waals surface area contributed by atoms with Crippen molar-refractivity contribution >= 4 is 38.6 Å². The number of halogens is 1. The molecule has 0 aliphatic heterocycles. The molecule has 0 fully saturated rings. The van der Waals surface area contributed by atoms with Crippen LogP contribution in [0.4, 0.5) is 5.69 Å². The van der Waals surface area contributed by atoms with Crippen molar-refractivity contribution in [2.24, 2.45) is 5.92 Å². The summed E-state index contributed by atoms with van der Waals surface area (Å²) in [7, 11) is -3.74. The second kappa shape index (κ2) is 6.36. The molecule has 2 rings (SSSR count). The average molecular weight is 345 g/mol. The van der Waals surface area contributed by atoms with Gasteiger partial charge in [0.25, 0.3) is 0 Å². The van der Waals surface area contributed by atoms with E-state index in [9.17, 15) is 8.42 Å². The highest BCUT2D eigenvalue weighted by Crippen LogP contribution is 2.30. The van der Waals surface area contributed by atoms with Crippen LogP contribution in [-0.2, 0) is 10.0 Å². The van der Waals surface area contributed by atoms with E-state index in [2.05, 4.69) is 4.72 Å². The first-order chi connectivity index (χ1) is 9.81. The van der Waals surface area contributed by atoms with Gasteiger partial charge in [-0.1, -0.05) is 31.5 Å². The van der Waals surface area contributed by atoms with Crippen molar-refractivity contribution in [3.8, 4) is 0 Å². The Kier molecular flexibility index (Phi) is 4.93. The number of sulfonamides is 1. The van der Waals surface area contributed by atoms with Crippen molar-refractivity contribution in [1.82, 2.24) is 4.72 Å². The van der Waals surface area contributed by atoms with E-state index in [1.807, 2.05) is 31.4 Å². The van der Waals surface area contributed by atoms with Gasteiger partial charge in [-0.2, -0.15) is 0 Å². The average Bonchev–Trinajstić information content (AvgIpc) is 2.92. The van der Waals surface area contributed by atoms with Crippen molar-refractivity contribution in [1.29, 1.82) is 0 Å². The largest absolute Gasteiger partial charge is 0.399 e. The zero-order valence-electron chi connectivity index (χ0n) is 11.7. The predicted octanol–water partition coefficient (Wildman–Crippen LogP) is 3.66. The normalized spacial score (nSPS) is 13.5. The van der Waals surface area contributed by atoms with Crippen LogP contribution in [0.2, 0.25) is 5.02 Å². The van der Waals surface area contributed by atoms with Crippen molar-refractivity contribution < 1.29 is 8.42 Å². The maximum Gasteiger partial charge on any atom is 0.242 e. The molecule has 1 unspecified atom stereocenters. The summed E-state index contributed by atoms with van der Waals surface area (Å²) in [6.45, 7) is 3.93. The molecule has 1 heterocycles. The number of anilines is 1. The maximum atomic E-state index is 12.6. The van der Waals surface area contributed by atoms with E-state index >= 15 is 0 Å². The summed E-state index contributed by atoms with van der Waals surface area (Å²) in [5.41, 5.74) is 6.02. The molecular weight excluding hydrogens is 328 g/mol. The summed E-state index contributed by atoms with van der Waals surface area (Å²) in [5.74, 6) is 0.109. The van der Waals surface area contributed by atoms with Crippen LogP contribution in [-0.4, -0.2) is 8.42 Å². The number of hydrogen-bond acceptors (Lipinski definition) is 4. The molecule has 0 bridgehead atoms. The summed E-state index contributed by atoms with van der Waals surface area (Å²) >= 11 is 7.51. The van der Waals surface area contributed by atoms with Crippen LogP contribution < -0.4 is 10.5 Å². The molecule has 21 heavy (non-hydrogen) atoms. The molecule has 0 saturated heterocycles. The molecule has 3 N–H and O–H groups in total. The molecule has 4 nitrogen and oxygen atoms in total. The third kappa shape index (κ3) is 3.77. The second-order valence-electron chi connectivity index (χ2n) is 5.05. The van der Waals surface area contributed by atoms with Crippen LogP contribution in [0.5, 0.6) is 0 Å². The molecule has 0 amide bonds. The van der Waals surface area contributed by atoms with Gasteiger partial charge in [-0.15, -0.1) is 11.3 Å². The van der Waals surface area contributed by atoms with Gasteiger partial charge in [0, 0.05) is 10.6 Å². The van der Waals surface area contributed by atoms with Gasteiger partial charge in [-0.05, 0) is 35.6 Å². The summed E-state index contributed by atoms with van der Waals surface area (Å²) < 4.78 is 27.9. The Balaban J connectivity index is 2.37. The van der Waals surface area contributed by atoms with E-state index in [4.69, 9.17) is 17.3 Å². The van der Waals surface area contributed by atoms with E-state index in [0.717, 1.165) is 4.88 Å². The molecule has 1 atom stereocenters. The minimum atomic E-state index is -3.74. The lowest BCUT2D eigenvalue weighted by atomic mass is 10.0. The summed E-state index contributed by atoms with van der Waals surface area (Å²) in [6, 6.07) is 7.95. The smallest absolute Gasteiger partial charge is 0.242 e. The lowest BCUT2D eigenvalue weighted by molar-refractivity contribution is 0.469. The first-order valence-corrected chi connectivity index (χ1v) is 9.16. The Morgan fingerprint density at radius 2 is 2.00 bits per heavy atom. The third-order valence-electron chi connectivity index (χ3n) is 3.04. The molecule has 1 aromatic heterocycles. The zero-order chi connectivity index (χ0) is 15.6. The van der Waals surface area contributed by atoms with Crippen LogP contribution in [0.25, 0.3) is 0 Å². The van der Waals surface area contributed by atoms with Gasteiger partial charge >= 0.3 is 0 Å². The zero-order valence-corrected chi connectivity index (χ0v) is 14.1. The standard InChI is InChI=1S/C14H17ClN2O2S2/c1-9(2)14(12-4-3-7-20-12)17-21(18,19)13-8-10(16)5-6-11(13)15/h3-9,14,17H,16H2,1-2H3. The Bertz CT molecular complexity index is 713. The first kappa shape index (κ1) is 16.3. The van der Waals surface area contributed by atoms with Gasteiger partial charge in [0.15, 0.2) is 0 Å². The molecule has 114 valence electrons. The topological polar surface area (TPSA) is 72.2 Å². The highest BCUT2D eigenvalue weighted by molar-refractivity contribution is 7.89. The van der Waals surface area contributed by atoms with Crippen LogP contribution >= 0.6 is 22.9 Å². The van der Waals surface area contributed by atoms with Gasteiger partial charge in [-0.3, -0.25) is 0 Å². The molecule has 7 heteroatoms. The van der Waals surface area contributed by atoms with E-state index in [0.29, 0.717) is 5.69 Å². The number of rotatable bonds is 5. The van der Waals surface area contributed by atoms with Gasteiger partial charge < -0.3 is 5.73 Å². The SMILES string of the molecule is CC(C)C(NS(=O)(=O)c1cc(N)ccc1Cl)c1cccs1. The van der Waals surface area contributed by atoms with Gasteiger partial charge in [-0.25, -0.2) is 13.1 Å². The van der Waals surface area contributed by atoms with Crippen molar-refractivity contribution in [2.45, 2.75) is 24.8 Å². The lowest BCUT2D eigenvalue weighted by Gasteiger charge is -2.21. The van der Waals surface area contributed by atoms with Crippen LogP contribution in [0, 0.1) is 5.92 Å². The number of nitrogens with one attached hydrogen (secondary N) is 1. The Morgan fingerprint density at radius 1 is 1.29 bits per heavy atom. The lowest BCUT2D eigenvalue weighted by Crippen LogP contribution is -2.31. The first-order valence-electron chi connectivity index (χ1n) is 6.42. The van der Waals surface area contributed by atoms with Crippen molar-refractivity contribution in [2.75, 3.05) is 5.73 Å². The molecule has 1 aromatic carbocycles. The Morgan fingerprint density at radius 3 is 2.57 bits per heavy atom. The monoisotopic (exact) mass is 344 g/mol. The molecule has 2 aromatic rings. The molecule has 0 aliphatic rings. The van der Waals surface area contributed by atoms with Crippen LogP contribution in [0.15, 0.2) is 40.6 Å². The predicted molar refractivity (Wildman–Crippen MR) is 88.1 cm³/mol. The molecule has 0 saturated carbocycles. The fraction of sp³-hybridized carbons (Fsp3) is 0.286. The van der Waals surface area contributed by atoms with E-state index < -0.39 is 10.0 Å². The van der Waals surface area contributed by atoms with Gasteiger partial charge in [0.1, 0.15) is 4.90 Å². The summed E-state index contributed by atoms with van der Waals surface area (Å²) in [6.07, 6.45) is 0. The van der Waals surface area contributed by atoms with E-state index in [1.165, 1.54) is 23.5 Å². The number of nitrogens with two attached hydrogens (primary N) is 1. The molecule has 0 radical (unpaired) electrons. The van der Waals surface area contributed by atoms with Crippen LogP contribution in [0.1, 0.15) is 24.8 Å². The van der Waals surface area contributed by atoms with Crippen molar-refractivity contribution in [3.05, 3.63) is 45.6 Å². The highest BCUT2D eigenvalue weighted by Gasteiger charge is 2.26. The fourth-order valence-corrected chi connectivity index (χ4v) is 4.87. The van der Waals surface area contributed by atoms with E-state index in [-0.39, 0.29) is 21.9 Å². The second-order valence-corrected chi connectivity index (χ2v) is 8.12. The van der Waals surface area contributed by atoms with Crippen LogP contribution in [0.3, 0.4) is 0 Å². The third-order valence-corrected chi connectivity index (χ3v) is 5.92. The Labute approximate surface area is 134 Å². The number of hydrogen-bond donors (Lipinski definition) is 2.